The van der Waals surface area contributed by atoms with E-state index in [1.807, 2.05) is 27.7 Å². The van der Waals surface area contributed by atoms with Crippen LogP contribution in [0.25, 0.3) is 0 Å². The Hall–Kier alpha value is -0.710. The van der Waals surface area contributed by atoms with E-state index in [0.717, 1.165) is 23.8 Å². The van der Waals surface area contributed by atoms with Gasteiger partial charge in [0.25, 0.3) is 0 Å². The van der Waals surface area contributed by atoms with Gasteiger partial charge < -0.3 is 10.6 Å². The van der Waals surface area contributed by atoms with Gasteiger partial charge in [0.05, 0.1) is 6.04 Å². The second-order valence-electron chi connectivity index (χ2n) is 5.74. The molecule has 0 bridgehead atoms. The van der Waals surface area contributed by atoms with Gasteiger partial charge in [0, 0.05) is 11.3 Å². The van der Waals surface area contributed by atoms with Crippen LogP contribution >= 0.6 is 11.8 Å². The van der Waals surface area contributed by atoms with Crippen LogP contribution in [0.3, 0.4) is 0 Å². The molecule has 1 heterocycles. The van der Waals surface area contributed by atoms with Crippen LogP contribution in [-0.4, -0.2) is 34.5 Å². The summed E-state index contributed by atoms with van der Waals surface area (Å²) >= 11 is 1.70. The molecular weight excluding hydrogens is 246 g/mol. The van der Waals surface area contributed by atoms with E-state index in [4.69, 9.17) is 0 Å². The lowest BCUT2D eigenvalue weighted by Gasteiger charge is -2.26. The van der Waals surface area contributed by atoms with Gasteiger partial charge in [-0.25, -0.2) is 0 Å². The van der Waals surface area contributed by atoms with Gasteiger partial charge in [-0.05, 0) is 40.5 Å². The third-order valence-electron chi connectivity index (χ3n) is 2.69. The lowest BCUT2D eigenvalue weighted by molar-refractivity contribution is -0.123. The molecule has 1 rings (SSSR count). The summed E-state index contributed by atoms with van der Waals surface area (Å²) in [4.78, 5) is 16.6. The molecule has 2 atom stereocenters. The number of thioether (sulfide) groups is 1. The number of carbonyl (C=O) groups is 1. The molecule has 1 aliphatic rings. The maximum atomic E-state index is 11.9. The SMILES string of the molecule is CCC1CCSC(NC(C)C(=O)NC(C)(C)C)=N1. The summed E-state index contributed by atoms with van der Waals surface area (Å²) in [6.07, 6.45) is 2.20. The highest BCUT2D eigenvalue weighted by molar-refractivity contribution is 8.13. The molecule has 0 radical (unpaired) electrons. The Morgan fingerprint density at radius 2 is 2.22 bits per heavy atom. The molecular formula is C13H25N3OS. The lowest BCUT2D eigenvalue weighted by Crippen LogP contribution is -2.50. The van der Waals surface area contributed by atoms with Crippen molar-refractivity contribution >= 4 is 22.8 Å². The van der Waals surface area contributed by atoms with Crippen molar-refractivity contribution in [3.63, 3.8) is 0 Å². The van der Waals surface area contributed by atoms with Crippen molar-refractivity contribution in [3.8, 4) is 0 Å². The van der Waals surface area contributed by atoms with Crippen LogP contribution in [0.1, 0.15) is 47.5 Å². The largest absolute Gasteiger partial charge is 0.353 e. The highest BCUT2D eigenvalue weighted by atomic mass is 32.2. The Labute approximate surface area is 114 Å². The van der Waals surface area contributed by atoms with Crippen molar-refractivity contribution in [2.75, 3.05) is 5.75 Å². The van der Waals surface area contributed by atoms with Crippen LogP contribution in [0.2, 0.25) is 0 Å². The normalized spacial score (nSPS) is 22.1. The number of amides is 1. The van der Waals surface area contributed by atoms with Gasteiger partial charge in [-0.1, -0.05) is 18.7 Å². The van der Waals surface area contributed by atoms with E-state index in [9.17, 15) is 4.79 Å². The molecule has 0 aliphatic carbocycles. The molecule has 0 spiro atoms. The van der Waals surface area contributed by atoms with Gasteiger partial charge in [0.2, 0.25) is 5.91 Å². The average Bonchev–Trinajstić information content (AvgIpc) is 2.27. The van der Waals surface area contributed by atoms with E-state index in [0.29, 0.717) is 6.04 Å². The van der Waals surface area contributed by atoms with Gasteiger partial charge in [0.15, 0.2) is 5.17 Å². The van der Waals surface area contributed by atoms with Crippen LogP contribution in [-0.2, 0) is 4.79 Å². The second kappa shape index (κ2) is 6.45. The van der Waals surface area contributed by atoms with Gasteiger partial charge in [-0.15, -0.1) is 0 Å². The van der Waals surface area contributed by atoms with Crippen LogP contribution in [0, 0.1) is 0 Å². The fourth-order valence-electron chi connectivity index (χ4n) is 1.66. The molecule has 1 aliphatic heterocycles. The third kappa shape index (κ3) is 5.29. The fourth-order valence-corrected chi connectivity index (χ4v) is 2.73. The first-order valence-electron chi connectivity index (χ1n) is 6.61. The number of hydrogen-bond donors (Lipinski definition) is 2. The Kier molecular flexibility index (Phi) is 5.50. The fraction of sp³-hybridized carbons (Fsp3) is 0.846. The number of nitrogens with one attached hydrogen (secondary N) is 2. The van der Waals surface area contributed by atoms with E-state index in [-0.39, 0.29) is 17.5 Å². The highest BCUT2D eigenvalue weighted by Crippen LogP contribution is 2.18. The molecule has 1 amide bonds. The van der Waals surface area contributed by atoms with Crippen molar-refractivity contribution in [2.24, 2.45) is 4.99 Å². The molecule has 0 aromatic heterocycles. The predicted molar refractivity (Wildman–Crippen MR) is 79.1 cm³/mol. The molecule has 104 valence electrons. The van der Waals surface area contributed by atoms with Gasteiger partial charge in [-0.2, -0.15) is 0 Å². The number of amidine groups is 1. The standard InChI is InChI=1S/C13H25N3OS/c1-6-10-7-8-18-12(15-10)14-9(2)11(17)16-13(3,4)5/h9-10H,6-8H2,1-5H3,(H,14,15)(H,16,17). The first-order valence-corrected chi connectivity index (χ1v) is 7.59. The number of aliphatic imine (C=N–C) groups is 1. The predicted octanol–water partition coefficient (Wildman–Crippen LogP) is 2.15. The summed E-state index contributed by atoms with van der Waals surface area (Å²) in [5.41, 5.74) is -0.194. The minimum absolute atomic E-state index is 0.0180. The summed E-state index contributed by atoms with van der Waals surface area (Å²) < 4.78 is 0. The maximum Gasteiger partial charge on any atom is 0.242 e. The highest BCUT2D eigenvalue weighted by Gasteiger charge is 2.21. The number of carbonyl (C=O) groups excluding carboxylic acids is 1. The van der Waals surface area contributed by atoms with E-state index in [1.165, 1.54) is 0 Å². The van der Waals surface area contributed by atoms with Crippen LogP contribution < -0.4 is 10.6 Å². The van der Waals surface area contributed by atoms with Crippen LogP contribution in [0.5, 0.6) is 0 Å². The van der Waals surface area contributed by atoms with Crippen molar-refractivity contribution in [1.82, 2.24) is 10.6 Å². The molecule has 2 N–H and O–H groups in total. The van der Waals surface area contributed by atoms with Crippen molar-refractivity contribution < 1.29 is 4.79 Å². The van der Waals surface area contributed by atoms with Crippen molar-refractivity contribution in [3.05, 3.63) is 0 Å². The van der Waals surface area contributed by atoms with E-state index < -0.39 is 0 Å². The van der Waals surface area contributed by atoms with Crippen LogP contribution in [0.4, 0.5) is 0 Å². The zero-order valence-electron chi connectivity index (χ0n) is 12.0. The molecule has 4 nitrogen and oxygen atoms in total. The van der Waals surface area contributed by atoms with Crippen LogP contribution in [0.15, 0.2) is 4.99 Å². The molecule has 2 unspecified atom stereocenters. The Balaban J connectivity index is 2.51. The minimum Gasteiger partial charge on any atom is -0.353 e. The zero-order valence-corrected chi connectivity index (χ0v) is 12.9. The van der Waals surface area contributed by atoms with Crippen molar-refractivity contribution in [1.29, 1.82) is 0 Å². The molecule has 0 saturated carbocycles. The second-order valence-corrected chi connectivity index (χ2v) is 6.82. The van der Waals surface area contributed by atoms with E-state index in [2.05, 4.69) is 22.5 Å². The third-order valence-corrected chi connectivity index (χ3v) is 3.63. The lowest BCUT2D eigenvalue weighted by atomic mass is 10.1. The van der Waals surface area contributed by atoms with Gasteiger partial charge >= 0.3 is 0 Å². The Morgan fingerprint density at radius 3 is 2.78 bits per heavy atom. The first kappa shape index (κ1) is 15.3. The molecule has 5 heteroatoms. The van der Waals surface area contributed by atoms with Gasteiger partial charge in [-0.3, -0.25) is 9.79 Å². The summed E-state index contributed by atoms with van der Waals surface area (Å²) in [5, 5.41) is 7.08. The molecule has 0 aromatic carbocycles. The molecule has 0 saturated heterocycles. The summed E-state index contributed by atoms with van der Waals surface area (Å²) in [5.74, 6) is 1.10. The number of rotatable bonds is 3. The summed E-state index contributed by atoms with van der Waals surface area (Å²) in [6.45, 7) is 9.98. The Morgan fingerprint density at radius 1 is 1.56 bits per heavy atom. The van der Waals surface area contributed by atoms with E-state index in [1.54, 1.807) is 11.8 Å². The topological polar surface area (TPSA) is 53.5 Å². The average molecular weight is 271 g/mol. The summed E-state index contributed by atoms with van der Waals surface area (Å²) in [7, 11) is 0. The Bertz CT molecular complexity index is 323. The summed E-state index contributed by atoms with van der Waals surface area (Å²) in [6, 6.07) is 0.165. The smallest absolute Gasteiger partial charge is 0.242 e. The monoisotopic (exact) mass is 271 g/mol. The van der Waals surface area contributed by atoms with Crippen molar-refractivity contribution in [2.45, 2.75) is 65.1 Å². The molecule has 18 heavy (non-hydrogen) atoms. The molecule has 0 fully saturated rings. The molecule has 0 aromatic rings. The number of hydrogen-bond acceptors (Lipinski definition) is 4. The van der Waals surface area contributed by atoms with E-state index >= 15 is 0 Å². The zero-order chi connectivity index (χ0) is 13.8. The maximum absolute atomic E-state index is 11.9. The number of nitrogens with zero attached hydrogens (tertiary/aromatic N) is 1. The quantitative estimate of drug-likeness (QED) is 0.827. The minimum atomic E-state index is -0.244. The van der Waals surface area contributed by atoms with Gasteiger partial charge in [0.1, 0.15) is 6.04 Å². The first-order chi connectivity index (χ1) is 8.31.